The van der Waals surface area contributed by atoms with Crippen LogP contribution in [0.5, 0.6) is 0 Å². The van der Waals surface area contributed by atoms with E-state index in [0.717, 1.165) is 5.56 Å². The van der Waals surface area contributed by atoms with E-state index in [-0.39, 0.29) is 17.9 Å². The first kappa shape index (κ1) is 21.0. The van der Waals surface area contributed by atoms with Crippen molar-refractivity contribution in [2.24, 2.45) is 0 Å². The lowest BCUT2D eigenvalue weighted by Crippen LogP contribution is -2.27. The summed E-state index contributed by atoms with van der Waals surface area (Å²) in [7, 11) is 0. The van der Waals surface area contributed by atoms with Gasteiger partial charge in [0.05, 0.1) is 5.56 Å². The number of aromatic carboxylic acids is 1. The molecule has 0 bridgehead atoms. The number of anilines is 2. The first-order chi connectivity index (χ1) is 13.1. The fourth-order valence-corrected chi connectivity index (χ4v) is 2.44. The number of aryl methyl sites for hydroxylation is 1. The van der Waals surface area contributed by atoms with Gasteiger partial charge >= 0.3 is 12.1 Å². The molecule has 0 saturated carbocycles. The van der Waals surface area contributed by atoms with Crippen LogP contribution in [-0.2, 0) is 16.0 Å². The summed E-state index contributed by atoms with van der Waals surface area (Å²) in [6, 6.07) is 13.1. The molecule has 2 rings (SSSR count). The number of ether oxygens (including phenoxy) is 1. The number of hydrogen-bond donors (Lipinski definition) is 3. The zero-order valence-corrected chi connectivity index (χ0v) is 16.1. The largest absolute Gasteiger partial charge is 0.478 e. The molecule has 0 heterocycles. The Kier molecular flexibility index (Phi) is 6.76. The van der Waals surface area contributed by atoms with Gasteiger partial charge < -0.3 is 15.2 Å². The van der Waals surface area contributed by atoms with Crippen LogP contribution >= 0.6 is 0 Å². The van der Waals surface area contributed by atoms with Crippen molar-refractivity contribution in [2.75, 3.05) is 10.6 Å². The molecule has 2 aromatic rings. The molecule has 0 spiro atoms. The number of benzene rings is 2. The summed E-state index contributed by atoms with van der Waals surface area (Å²) in [5.41, 5.74) is 1.48. The Morgan fingerprint density at radius 1 is 0.964 bits per heavy atom. The van der Waals surface area contributed by atoms with Crippen LogP contribution in [-0.4, -0.2) is 28.7 Å². The number of carboxylic acid groups (broad SMARTS) is 1. The van der Waals surface area contributed by atoms with Gasteiger partial charge in [0.1, 0.15) is 5.60 Å². The van der Waals surface area contributed by atoms with Gasteiger partial charge in [0.25, 0.3) is 0 Å². The molecule has 7 nitrogen and oxygen atoms in total. The minimum absolute atomic E-state index is 0.153. The van der Waals surface area contributed by atoms with Crippen LogP contribution in [0.3, 0.4) is 0 Å². The average molecular weight is 384 g/mol. The first-order valence-electron chi connectivity index (χ1n) is 8.85. The zero-order chi connectivity index (χ0) is 20.7. The van der Waals surface area contributed by atoms with Crippen molar-refractivity contribution in [1.29, 1.82) is 0 Å². The Balaban J connectivity index is 1.94. The third-order valence-corrected chi connectivity index (χ3v) is 3.69. The molecule has 0 fully saturated rings. The predicted octanol–water partition coefficient (Wildman–Crippen LogP) is 4.30. The molecule has 0 unspecified atom stereocenters. The van der Waals surface area contributed by atoms with Gasteiger partial charge in [-0.15, -0.1) is 0 Å². The van der Waals surface area contributed by atoms with Crippen LogP contribution in [0.2, 0.25) is 0 Å². The highest BCUT2D eigenvalue weighted by molar-refractivity contribution is 5.93. The molecule has 2 aromatic carbocycles. The molecule has 28 heavy (non-hydrogen) atoms. The second-order valence-electron chi connectivity index (χ2n) is 7.21. The lowest BCUT2D eigenvalue weighted by Gasteiger charge is -2.20. The normalized spacial score (nSPS) is 10.8. The van der Waals surface area contributed by atoms with Crippen LogP contribution in [0.15, 0.2) is 48.5 Å². The Labute approximate surface area is 163 Å². The summed E-state index contributed by atoms with van der Waals surface area (Å²) in [6.45, 7) is 5.35. The van der Waals surface area contributed by atoms with Crippen molar-refractivity contribution >= 4 is 29.3 Å². The number of para-hydroxylation sites is 1. The molecule has 0 atom stereocenters. The van der Waals surface area contributed by atoms with Gasteiger partial charge in [0, 0.05) is 17.8 Å². The van der Waals surface area contributed by atoms with Crippen molar-refractivity contribution in [3.63, 3.8) is 0 Å². The second-order valence-corrected chi connectivity index (χ2v) is 7.21. The maximum Gasteiger partial charge on any atom is 0.412 e. The molecule has 0 saturated heterocycles. The summed E-state index contributed by atoms with van der Waals surface area (Å²) < 4.78 is 5.26. The third kappa shape index (κ3) is 6.75. The minimum Gasteiger partial charge on any atom is -0.478 e. The second kappa shape index (κ2) is 9.03. The first-order valence-corrected chi connectivity index (χ1v) is 8.85. The Hall–Kier alpha value is -3.35. The van der Waals surface area contributed by atoms with Crippen molar-refractivity contribution < 1.29 is 24.2 Å². The summed E-state index contributed by atoms with van der Waals surface area (Å²) >= 11 is 0. The Bertz CT molecular complexity index is 854. The lowest BCUT2D eigenvalue weighted by atomic mass is 10.1. The Morgan fingerprint density at radius 2 is 1.61 bits per heavy atom. The maximum absolute atomic E-state index is 12.2. The van der Waals surface area contributed by atoms with Crippen LogP contribution in [0, 0.1) is 0 Å². The van der Waals surface area contributed by atoms with E-state index in [1.807, 2.05) is 12.1 Å². The van der Waals surface area contributed by atoms with Crippen molar-refractivity contribution in [3.05, 3.63) is 59.7 Å². The molecule has 3 N–H and O–H groups in total. The molecule has 148 valence electrons. The van der Waals surface area contributed by atoms with E-state index < -0.39 is 17.7 Å². The number of amides is 2. The monoisotopic (exact) mass is 384 g/mol. The van der Waals surface area contributed by atoms with E-state index in [1.165, 1.54) is 12.1 Å². The fraction of sp³-hybridized carbons (Fsp3) is 0.286. The van der Waals surface area contributed by atoms with Crippen molar-refractivity contribution in [2.45, 2.75) is 39.2 Å². The van der Waals surface area contributed by atoms with E-state index in [4.69, 9.17) is 9.84 Å². The predicted molar refractivity (Wildman–Crippen MR) is 107 cm³/mol. The maximum atomic E-state index is 12.2. The number of rotatable bonds is 6. The number of nitrogens with one attached hydrogen (secondary N) is 2. The molecule has 0 radical (unpaired) electrons. The number of hydrogen-bond acceptors (Lipinski definition) is 4. The smallest absolute Gasteiger partial charge is 0.412 e. The van der Waals surface area contributed by atoms with Crippen LogP contribution in [0.1, 0.15) is 43.1 Å². The molecular formula is C21H24N2O5. The lowest BCUT2D eigenvalue weighted by molar-refractivity contribution is -0.116. The highest BCUT2D eigenvalue weighted by Gasteiger charge is 2.17. The van der Waals surface area contributed by atoms with Gasteiger partial charge in [-0.25, -0.2) is 9.59 Å². The number of carboxylic acids is 1. The standard InChI is InChI=1S/C21H24N2O5/c1-21(2,3)28-20(27)23-17-7-5-4-6-14(17)10-13-18(24)22-16-11-8-15(9-12-16)19(25)26/h4-9,11-12H,10,13H2,1-3H3,(H,22,24)(H,23,27)(H,25,26). The van der Waals surface area contributed by atoms with E-state index in [2.05, 4.69) is 10.6 Å². The fourth-order valence-electron chi connectivity index (χ4n) is 2.44. The molecular weight excluding hydrogens is 360 g/mol. The third-order valence-electron chi connectivity index (χ3n) is 3.69. The van der Waals surface area contributed by atoms with E-state index in [9.17, 15) is 14.4 Å². The van der Waals surface area contributed by atoms with Crippen LogP contribution in [0.4, 0.5) is 16.2 Å². The van der Waals surface area contributed by atoms with Gasteiger partial charge in [-0.1, -0.05) is 18.2 Å². The highest BCUT2D eigenvalue weighted by atomic mass is 16.6. The molecule has 0 aromatic heterocycles. The van der Waals surface area contributed by atoms with Crippen LogP contribution < -0.4 is 10.6 Å². The molecule has 0 aliphatic carbocycles. The van der Waals surface area contributed by atoms with E-state index in [1.54, 1.807) is 45.0 Å². The zero-order valence-electron chi connectivity index (χ0n) is 16.1. The molecule has 0 aliphatic heterocycles. The van der Waals surface area contributed by atoms with Crippen LogP contribution in [0.25, 0.3) is 0 Å². The van der Waals surface area contributed by atoms with Crippen molar-refractivity contribution in [3.8, 4) is 0 Å². The highest BCUT2D eigenvalue weighted by Crippen LogP contribution is 2.19. The number of carbonyl (C=O) groups is 3. The van der Waals surface area contributed by atoms with Crippen molar-refractivity contribution in [1.82, 2.24) is 0 Å². The van der Waals surface area contributed by atoms with E-state index in [0.29, 0.717) is 17.8 Å². The summed E-state index contributed by atoms with van der Waals surface area (Å²) in [5, 5.41) is 14.3. The minimum atomic E-state index is -1.02. The van der Waals surface area contributed by atoms with Gasteiger partial charge in [0.2, 0.25) is 5.91 Å². The van der Waals surface area contributed by atoms with Gasteiger partial charge in [-0.3, -0.25) is 10.1 Å². The topological polar surface area (TPSA) is 105 Å². The molecule has 2 amide bonds. The van der Waals surface area contributed by atoms with E-state index >= 15 is 0 Å². The molecule has 0 aliphatic rings. The number of carbonyl (C=O) groups excluding carboxylic acids is 2. The summed E-state index contributed by atoms with van der Waals surface area (Å²) in [5.74, 6) is -1.23. The van der Waals surface area contributed by atoms with Gasteiger partial charge in [0.15, 0.2) is 0 Å². The Morgan fingerprint density at radius 3 is 2.21 bits per heavy atom. The summed E-state index contributed by atoms with van der Waals surface area (Å²) in [4.78, 5) is 35.0. The average Bonchev–Trinajstić information content (AvgIpc) is 2.60. The van der Waals surface area contributed by atoms with Gasteiger partial charge in [-0.05, 0) is 63.1 Å². The quantitative estimate of drug-likeness (QED) is 0.689. The molecule has 7 heteroatoms. The summed E-state index contributed by atoms with van der Waals surface area (Å²) in [6.07, 6.45) is 0.0709. The SMILES string of the molecule is CC(C)(C)OC(=O)Nc1ccccc1CCC(=O)Nc1ccc(C(=O)O)cc1. The van der Waals surface area contributed by atoms with Gasteiger partial charge in [-0.2, -0.15) is 0 Å².